The van der Waals surface area contributed by atoms with Crippen LogP contribution >= 0.6 is 11.6 Å². The van der Waals surface area contributed by atoms with Crippen LogP contribution in [-0.2, 0) is 19.9 Å². The zero-order chi connectivity index (χ0) is 35.2. The Morgan fingerprint density at radius 3 is 2.45 bits per heavy atom. The molecule has 0 saturated heterocycles. The lowest BCUT2D eigenvalue weighted by Gasteiger charge is -2.35. The summed E-state index contributed by atoms with van der Waals surface area (Å²) in [5.41, 5.74) is 12.7. The van der Waals surface area contributed by atoms with Crippen molar-refractivity contribution < 1.29 is 23.1 Å². The van der Waals surface area contributed by atoms with Crippen LogP contribution in [0.4, 0.5) is 8.78 Å². The summed E-state index contributed by atoms with van der Waals surface area (Å²) in [4.78, 5) is 43.0. The number of aromatic nitrogens is 1. The Morgan fingerprint density at radius 2 is 1.86 bits per heavy atom. The smallest absolute Gasteiger partial charge is 0.306 e. The summed E-state index contributed by atoms with van der Waals surface area (Å²) in [5.74, 6) is -4.27. The van der Waals surface area contributed by atoms with E-state index in [-0.39, 0.29) is 30.8 Å². The van der Waals surface area contributed by atoms with E-state index >= 15 is 0 Å². The van der Waals surface area contributed by atoms with Gasteiger partial charge in [-0.05, 0) is 67.0 Å². The number of pyridine rings is 1. The van der Waals surface area contributed by atoms with Gasteiger partial charge in [-0.2, -0.15) is 0 Å². The number of halogens is 3. The van der Waals surface area contributed by atoms with Crippen molar-refractivity contribution in [2.24, 2.45) is 26.5 Å². The maximum Gasteiger partial charge on any atom is 0.306 e. The summed E-state index contributed by atoms with van der Waals surface area (Å²) >= 11 is 6.57. The van der Waals surface area contributed by atoms with Crippen LogP contribution in [0.3, 0.4) is 0 Å². The molecule has 49 heavy (non-hydrogen) atoms. The van der Waals surface area contributed by atoms with E-state index in [1.165, 1.54) is 11.2 Å². The number of nitrogens with zero attached hydrogens (tertiary/aromatic N) is 4. The van der Waals surface area contributed by atoms with Gasteiger partial charge in [0.15, 0.2) is 11.5 Å². The molecular weight excluding hydrogens is 652 g/mol. The number of benzene rings is 2. The number of hydrogen-bond donors (Lipinski definition) is 3. The maximum absolute atomic E-state index is 14.9. The molecule has 4 N–H and O–H groups in total. The van der Waals surface area contributed by atoms with E-state index in [0.29, 0.717) is 28.1 Å². The number of esters is 1. The summed E-state index contributed by atoms with van der Waals surface area (Å²) in [6.07, 6.45) is 3.04. The number of amides is 1. The largest absolute Gasteiger partial charge is 0.463 e. The quantitative estimate of drug-likeness (QED) is 0.197. The van der Waals surface area contributed by atoms with Gasteiger partial charge in [0.1, 0.15) is 12.8 Å². The summed E-state index contributed by atoms with van der Waals surface area (Å²) in [5, 5.41) is 0.420. The Hall–Kier alpha value is -4.42. The molecule has 0 bridgehead atoms. The minimum absolute atomic E-state index is 0.0574. The van der Waals surface area contributed by atoms with Gasteiger partial charge in [0, 0.05) is 27.8 Å². The lowest BCUT2D eigenvalue weighted by molar-refractivity contribution is -0.153. The van der Waals surface area contributed by atoms with Gasteiger partial charge in [-0.25, -0.2) is 24.2 Å². The number of hydrazine groups is 1. The third-order valence-electron chi connectivity index (χ3n) is 9.42. The number of guanidine groups is 1. The van der Waals surface area contributed by atoms with Crippen molar-refractivity contribution in [3.63, 3.8) is 0 Å². The minimum atomic E-state index is -3.03. The van der Waals surface area contributed by atoms with Crippen LogP contribution in [0.1, 0.15) is 82.3 Å². The highest BCUT2D eigenvalue weighted by Crippen LogP contribution is 2.59. The predicted octanol–water partition coefficient (Wildman–Crippen LogP) is 6.44. The summed E-state index contributed by atoms with van der Waals surface area (Å²) in [6.45, 7) is 6.53. The molecule has 3 aliphatic rings. The van der Waals surface area contributed by atoms with Gasteiger partial charge in [-0.1, -0.05) is 68.8 Å². The van der Waals surface area contributed by atoms with E-state index in [2.05, 4.69) is 20.8 Å². The molecule has 3 aromatic rings. The average molecular weight is 692 g/mol. The average Bonchev–Trinajstić information content (AvgIpc) is 3.55. The third kappa shape index (κ3) is 6.89. The normalized spacial score (nSPS) is 22.1. The van der Waals surface area contributed by atoms with Gasteiger partial charge in [0.2, 0.25) is 0 Å². The minimum Gasteiger partial charge on any atom is -0.463 e. The number of nitrogens with one attached hydrogen (secondary N) is 2. The number of ether oxygens (including phenoxy) is 1. The summed E-state index contributed by atoms with van der Waals surface area (Å²) in [7, 11) is 0. The van der Waals surface area contributed by atoms with Gasteiger partial charge >= 0.3 is 5.97 Å². The lowest BCUT2D eigenvalue weighted by Crippen LogP contribution is -2.47. The first-order valence-corrected chi connectivity index (χ1v) is 16.6. The molecule has 10 nitrogen and oxygen atoms in total. The SMILES string of the molecule is CC(C)(C)C[C@]1(c2ccc(-c3ccccn3)cc2)N=C(N)N([C@H](COC(=O)CC2(C(C)(F)F)CC2)c2ccc(Cl)c(C3N=CNN3)c2)C1=O. The number of carbonyl (C=O) groups excluding carboxylic acids is 2. The molecule has 258 valence electrons. The fraction of sp³-hybridized carbons (Fsp3) is 0.417. The van der Waals surface area contributed by atoms with Crippen LogP contribution in [-0.4, -0.2) is 46.6 Å². The molecule has 1 aromatic heterocycles. The molecule has 0 radical (unpaired) electrons. The second-order valence-corrected chi connectivity index (χ2v) is 14.7. The van der Waals surface area contributed by atoms with Crippen molar-refractivity contribution in [1.82, 2.24) is 20.7 Å². The fourth-order valence-electron chi connectivity index (χ4n) is 6.67. The summed E-state index contributed by atoms with van der Waals surface area (Å²) < 4.78 is 34.4. The number of aliphatic imine (C=N–C) groups is 2. The van der Waals surface area contributed by atoms with Gasteiger partial charge in [0.05, 0.1) is 24.5 Å². The molecule has 3 heterocycles. The number of alkyl halides is 2. The summed E-state index contributed by atoms with van der Waals surface area (Å²) in [6, 6.07) is 17.3. The number of nitrogens with two attached hydrogens (primary N) is 1. The second kappa shape index (κ2) is 12.8. The lowest BCUT2D eigenvalue weighted by atomic mass is 9.75. The van der Waals surface area contributed by atoms with E-state index < -0.39 is 47.4 Å². The first-order chi connectivity index (χ1) is 23.1. The molecule has 2 aromatic carbocycles. The predicted molar refractivity (Wildman–Crippen MR) is 183 cm³/mol. The molecule has 1 amide bonds. The van der Waals surface area contributed by atoms with Gasteiger partial charge in [0.25, 0.3) is 11.8 Å². The third-order valence-corrected chi connectivity index (χ3v) is 9.77. The molecule has 6 rings (SSSR count). The number of rotatable bonds is 11. The van der Waals surface area contributed by atoms with E-state index in [1.807, 2.05) is 63.2 Å². The van der Waals surface area contributed by atoms with Crippen LogP contribution in [0.15, 0.2) is 76.8 Å². The second-order valence-electron chi connectivity index (χ2n) is 14.3. The topological polar surface area (TPSA) is 134 Å². The van der Waals surface area contributed by atoms with Crippen LogP contribution in [0.25, 0.3) is 11.3 Å². The monoisotopic (exact) mass is 691 g/mol. The standard InChI is InChI=1S/C36H40ClF2N7O3/c1-33(2,3)20-36(24-11-8-22(9-12-24)27-7-5-6-16-41-27)31(48)46(32(40)44-36)28(19-49-29(47)18-35(14-15-35)34(4,38)39)23-10-13-26(37)25(17-23)30-42-21-43-45-30/h5-13,16-17,21,28,30,45H,14-15,18-20H2,1-4H3,(H2,40,44)(H,42,43)/t28-,30?,36-/m1/s1. The van der Waals surface area contributed by atoms with E-state index in [0.717, 1.165) is 18.2 Å². The van der Waals surface area contributed by atoms with Gasteiger partial charge in [-0.3, -0.25) is 19.5 Å². The van der Waals surface area contributed by atoms with E-state index in [9.17, 15) is 18.4 Å². The Kier molecular flexibility index (Phi) is 8.99. The maximum atomic E-state index is 14.9. The molecule has 1 aliphatic carbocycles. The molecule has 2 aliphatic heterocycles. The Bertz CT molecular complexity index is 1790. The first kappa shape index (κ1) is 34.4. The van der Waals surface area contributed by atoms with Crippen molar-refractivity contribution >= 4 is 35.8 Å². The highest BCUT2D eigenvalue weighted by atomic mass is 35.5. The molecule has 3 atom stereocenters. The highest BCUT2D eigenvalue weighted by molar-refractivity contribution is 6.31. The Labute approximate surface area is 289 Å². The van der Waals surface area contributed by atoms with Crippen molar-refractivity contribution in [3.05, 3.63) is 88.6 Å². The van der Waals surface area contributed by atoms with Crippen molar-refractivity contribution in [1.29, 1.82) is 0 Å². The van der Waals surface area contributed by atoms with Crippen molar-refractivity contribution in [2.75, 3.05) is 6.61 Å². The fourth-order valence-corrected chi connectivity index (χ4v) is 6.89. The van der Waals surface area contributed by atoms with E-state index in [4.69, 9.17) is 27.1 Å². The Morgan fingerprint density at radius 1 is 1.12 bits per heavy atom. The number of carbonyl (C=O) groups is 2. The molecular formula is C36H40ClF2N7O3. The Balaban J connectivity index is 1.37. The van der Waals surface area contributed by atoms with Crippen LogP contribution in [0.5, 0.6) is 0 Å². The first-order valence-electron chi connectivity index (χ1n) is 16.2. The molecule has 1 saturated carbocycles. The molecule has 1 unspecified atom stereocenters. The van der Waals surface area contributed by atoms with E-state index in [1.54, 1.807) is 24.4 Å². The van der Waals surface area contributed by atoms with Crippen LogP contribution in [0.2, 0.25) is 5.02 Å². The zero-order valence-electron chi connectivity index (χ0n) is 27.8. The van der Waals surface area contributed by atoms with Crippen molar-refractivity contribution in [3.8, 4) is 11.3 Å². The zero-order valence-corrected chi connectivity index (χ0v) is 28.6. The van der Waals surface area contributed by atoms with Crippen molar-refractivity contribution in [2.45, 2.75) is 77.0 Å². The molecule has 1 fully saturated rings. The van der Waals surface area contributed by atoms with Gasteiger partial charge in [-0.15, -0.1) is 0 Å². The molecule has 0 spiro atoms. The molecule has 13 heteroatoms. The number of hydrogen-bond acceptors (Lipinski definition) is 9. The van der Waals surface area contributed by atoms with Crippen LogP contribution < -0.4 is 16.6 Å². The van der Waals surface area contributed by atoms with Gasteiger partial charge < -0.3 is 15.9 Å². The van der Waals surface area contributed by atoms with Crippen LogP contribution in [0, 0.1) is 10.8 Å². The highest BCUT2D eigenvalue weighted by Gasteiger charge is 2.60.